The molecule has 0 amide bonds. The average molecular weight is 227 g/mol. The zero-order chi connectivity index (χ0) is 12.7. The van der Waals surface area contributed by atoms with Crippen LogP contribution in [0.4, 0.5) is 0 Å². The van der Waals surface area contributed by atoms with Gasteiger partial charge in [0.05, 0.1) is 0 Å². The Bertz CT molecular complexity index is 443. The van der Waals surface area contributed by atoms with Crippen LogP contribution in [0.15, 0.2) is 48.5 Å². The molecule has 0 fully saturated rings. The minimum Gasteiger partial charge on any atom is -0.326 e. The molecule has 2 N–H and O–H groups in total. The maximum absolute atomic E-state index is 5.62. The highest BCUT2D eigenvalue weighted by Crippen LogP contribution is 2.20. The predicted molar refractivity (Wildman–Crippen MR) is 75.9 cm³/mol. The van der Waals surface area contributed by atoms with Crippen molar-refractivity contribution in [2.75, 3.05) is 0 Å². The average Bonchev–Trinajstić information content (AvgIpc) is 2.42. The molecule has 0 saturated heterocycles. The predicted octanol–water partition coefficient (Wildman–Crippen LogP) is 4.15. The van der Waals surface area contributed by atoms with E-state index in [9.17, 15) is 0 Å². The van der Waals surface area contributed by atoms with Crippen LogP contribution in [0.3, 0.4) is 0 Å². The Labute approximate surface area is 104 Å². The minimum atomic E-state index is 0.597. The number of hydrogen-bond donors (Lipinski definition) is 1. The molecular weight excluding hydrogens is 206 g/mol. The molecule has 0 bridgehead atoms. The van der Waals surface area contributed by atoms with Gasteiger partial charge in [-0.25, -0.2) is 0 Å². The van der Waals surface area contributed by atoms with E-state index in [2.05, 4.69) is 55.5 Å². The first-order valence-electron chi connectivity index (χ1n) is 6.15. The van der Waals surface area contributed by atoms with Gasteiger partial charge in [-0.05, 0) is 29.7 Å². The Morgan fingerprint density at radius 1 is 0.882 bits per heavy atom. The largest absolute Gasteiger partial charge is 0.326 e. The molecular formula is C16H21N. The van der Waals surface area contributed by atoms with Crippen LogP contribution in [0, 0.1) is 6.92 Å². The first kappa shape index (κ1) is 13.5. The molecule has 0 aliphatic rings. The number of aryl methyl sites for hydroxylation is 1. The third-order valence-corrected chi connectivity index (χ3v) is 2.55. The van der Waals surface area contributed by atoms with Gasteiger partial charge in [-0.3, -0.25) is 0 Å². The highest BCUT2D eigenvalue weighted by Gasteiger charge is 1.97. The van der Waals surface area contributed by atoms with E-state index in [1.54, 1.807) is 0 Å². The molecule has 0 aliphatic heterocycles. The maximum atomic E-state index is 5.62. The molecule has 0 aromatic heterocycles. The van der Waals surface area contributed by atoms with Crippen LogP contribution >= 0.6 is 0 Å². The zero-order valence-corrected chi connectivity index (χ0v) is 10.9. The number of benzene rings is 2. The molecule has 2 aromatic carbocycles. The van der Waals surface area contributed by atoms with Gasteiger partial charge in [-0.1, -0.05) is 61.9 Å². The third-order valence-electron chi connectivity index (χ3n) is 2.55. The SMILES string of the molecule is CC.Cc1ccc(-c2cccc(CN)c2)cc1. The molecule has 17 heavy (non-hydrogen) atoms. The summed E-state index contributed by atoms with van der Waals surface area (Å²) in [4.78, 5) is 0. The number of nitrogens with two attached hydrogens (primary N) is 1. The van der Waals surface area contributed by atoms with Crippen molar-refractivity contribution in [3.8, 4) is 11.1 Å². The lowest BCUT2D eigenvalue weighted by Gasteiger charge is -2.04. The number of rotatable bonds is 2. The molecule has 1 nitrogen and oxygen atoms in total. The van der Waals surface area contributed by atoms with Crippen LogP contribution in [0.25, 0.3) is 11.1 Å². The van der Waals surface area contributed by atoms with Crippen molar-refractivity contribution in [3.05, 3.63) is 59.7 Å². The molecule has 90 valence electrons. The fraction of sp³-hybridized carbons (Fsp3) is 0.250. The monoisotopic (exact) mass is 227 g/mol. The highest BCUT2D eigenvalue weighted by atomic mass is 14.5. The lowest BCUT2D eigenvalue weighted by molar-refractivity contribution is 1.07. The first-order chi connectivity index (χ1) is 8.29. The second kappa shape index (κ2) is 6.87. The van der Waals surface area contributed by atoms with Gasteiger partial charge in [0.25, 0.3) is 0 Å². The zero-order valence-electron chi connectivity index (χ0n) is 10.9. The van der Waals surface area contributed by atoms with Crippen LogP contribution in [0.2, 0.25) is 0 Å². The van der Waals surface area contributed by atoms with Crippen molar-refractivity contribution >= 4 is 0 Å². The summed E-state index contributed by atoms with van der Waals surface area (Å²) in [7, 11) is 0. The van der Waals surface area contributed by atoms with Gasteiger partial charge < -0.3 is 5.73 Å². The fourth-order valence-corrected chi connectivity index (χ4v) is 1.62. The van der Waals surface area contributed by atoms with Gasteiger partial charge in [-0.2, -0.15) is 0 Å². The molecule has 0 heterocycles. The summed E-state index contributed by atoms with van der Waals surface area (Å²) in [6, 6.07) is 16.9. The lowest BCUT2D eigenvalue weighted by atomic mass is 10.0. The van der Waals surface area contributed by atoms with Crippen molar-refractivity contribution in [1.82, 2.24) is 0 Å². The van der Waals surface area contributed by atoms with Crippen LogP contribution in [0.1, 0.15) is 25.0 Å². The van der Waals surface area contributed by atoms with Crippen molar-refractivity contribution in [2.24, 2.45) is 5.73 Å². The molecule has 1 heteroatoms. The third kappa shape index (κ3) is 3.72. The van der Waals surface area contributed by atoms with E-state index in [0.29, 0.717) is 6.54 Å². The summed E-state index contributed by atoms with van der Waals surface area (Å²) in [5, 5.41) is 0. The summed E-state index contributed by atoms with van der Waals surface area (Å²) in [5.41, 5.74) is 10.6. The lowest BCUT2D eigenvalue weighted by Crippen LogP contribution is -1.95. The van der Waals surface area contributed by atoms with E-state index in [4.69, 9.17) is 5.73 Å². The van der Waals surface area contributed by atoms with Gasteiger partial charge in [0, 0.05) is 6.54 Å². The smallest absolute Gasteiger partial charge is 0.0178 e. The van der Waals surface area contributed by atoms with Gasteiger partial charge in [0.1, 0.15) is 0 Å². The highest BCUT2D eigenvalue weighted by molar-refractivity contribution is 5.64. The van der Waals surface area contributed by atoms with E-state index in [-0.39, 0.29) is 0 Å². The Morgan fingerprint density at radius 2 is 1.53 bits per heavy atom. The standard InChI is InChI=1S/C14H15N.C2H6/c1-11-5-7-13(8-6-11)14-4-2-3-12(9-14)10-15;1-2/h2-9H,10,15H2,1H3;1-2H3. The summed E-state index contributed by atoms with van der Waals surface area (Å²) in [6.45, 7) is 6.69. The van der Waals surface area contributed by atoms with E-state index in [1.807, 2.05) is 13.8 Å². The van der Waals surface area contributed by atoms with E-state index in [0.717, 1.165) is 0 Å². The molecule has 0 unspecified atom stereocenters. The molecule has 0 saturated carbocycles. The molecule has 2 rings (SSSR count). The van der Waals surface area contributed by atoms with Gasteiger partial charge in [0.2, 0.25) is 0 Å². The molecule has 0 aliphatic carbocycles. The van der Waals surface area contributed by atoms with E-state index >= 15 is 0 Å². The fourth-order valence-electron chi connectivity index (χ4n) is 1.62. The quantitative estimate of drug-likeness (QED) is 0.819. The normalized spacial score (nSPS) is 9.41. The molecule has 0 radical (unpaired) electrons. The number of hydrogen-bond acceptors (Lipinski definition) is 1. The Hall–Kier alpha value is -1.60. The minimum absolute atomic E-state index is 0.597. The Kier molecular flexibility index (Phi) is 5.44. The molecule has 0 spiro atoms. The first-order valence-corrected chi connectivity index (χ1v) is 6.15. The van der Waals surface area contributed by atoms with Crippen LogP contribution in [-0.4, -0.2) is 0 Å². The second-order valence-corrected chi connectivity index (χ2v) is 3.77. The van der Waals surface area contributed by atoms with Gasteiger partial charge >= 0.3 is 0 Å². The van der Waals surface area contributed by atoms with Crippen molar-refractivity contribution in [3.63, 3.8) is 0 Å². The molecule has 0 atom stereocenters. The van der Waals surface area contributed by atoms with E-state index < -0.39 is 0 Å². The van der Waals surface area contributed by atoms with Crippen molar-refractivity contribution < 1.29 is 0 Å². The summed E-state index contributed by atoms with van der Waals surface area (Å²) < 4.78 is 0. The summed E-state index contributed by atoms with van der Waals surface area (Å²) >= 11 is 0. The molecule has 2 aromatic rings. The van der Waals surface area contributed by atoms with E-state index in [1.165, 1.54) is 22.3 Å². The van der Waals surface area contributed by atoms with Crippen LogP contribution in [-0.2, 0) is 6.54 Å². The van der Waals surface area contributed by atoms with Crippen LogP contribution in [0.5, 0.6) is 0 Å². The second-order valence-electron chi connectivity index (χ2n) is 3.77. The Morgan fingerprint density at radius 3 is 2.12 bits per heavy atom. The Balaban J connectivity index is 0.000000686. The van der Waals surface area contributed by atoms with Crippen molar-refractivity contribution in [2.45, 2.75) is 27.3 Å². The van der Waals surface area contributed by atoms with Gasteiger partial charge in [-0.15, -0.1) is 0 Å². The van der Waals surface area contributed by atoms with Crippen molar-refractivity contribution in [1.29, 1.82) is 0 Å². The van der Waals surface area contributed by atoms with Crippen LogP contribution < -0.4 is 5.73 Å². The topological polar surface area (TPSA) is 26.0 Å². The van der Waals surface area contributed by atoms with Gasteiger partial charge in [0.15, 0.2) is 0 Å². The summed E-state index contributed by atoms with van der Waals surface area (Å²) in [6.07, 6.45) is 0. The summed E-state index contributed by atoms with van der Waals surface area (Å²) in [5.74, 6) is 0. The maximum Gasteiger partial charge on any atom is 0.0178 e.